The van der Waals surface area contributed by atoms with Gasteiger partial charge < -0.3 is 24.3 Å². The molecule has 0 aromatic heterocycles. The molecule has 3 aliphatic rings. The lowest BCUT2D eigenvalue weighted by Gasteiger charge is -2.54. The first kappa shape index (κ1) is 28.3. The van der Waals surface area contributed by atoms with Gasteiger partial charge >= 0.3 is 6.09 Å². The third-order valence-electron chi connectivity index (χ3n) is 8.48. The maximum absolute atomic E-state index is 13.0. The van der Waals surface area contributed by atoms with Gasteiger partial charge in [-0.25, -0.2) is 4.79 Å². The number of rotatable bonds is 5. The van der Waals surface area contributed by atoms with Crippen LogP contribution in [-0.4, -0.2) is 102 Å². The van der Waals surface area contributed by atoms with E-state index in [1.165, 1.54) is 4.90 Å². The standard InChI is InChI=1S/C27H46N4O5/c1-17(2)36-27(35)30-15-18(3)31(19(4)32)23-13-12-22(14-24(23)30)20-8-10-21(11-9-20)26(34)29(7)16-25(33)28(5)6/h17-18,20-24H,8-16H2,1-7H3/t18-,20?,21?,22?,23?,24?/m0/s1. The second-order valence-corrected chi connectivity index (χ2v) is 11.7. The Labute approximate surface area is 216 Å². The summed E-state index contributed by atoms with van der Waals surface area (Å²) in [6, 6.07) is -0.0292. The zero-order valence-electron chi connectivity index (χ0n) is 23.2. The van der Waals surface area contributed by atoms with Crippen molar-refractivity contribution >= 4 is 23.8 Å². The lowest BCUT2D eigenvalue weighted by molar-refractivity contribution is -0.143. The normalized spacial score (nSPS) is 30.4. The molecule has 2 aliphatic carbocycles. The lowest BCUT2D eigenvalue weighted by atomic mass is 9.68. The number of fused-ring (bicyclic) bond motifs is 1. The van der Waals surface area contributed by atoms with E-state index in [9.17, 15) is 19.2 Å². The van der Waals surface area contributed by atoms with Gasteiger partial charge in [-0.15, -0.1) is 0 Å². The second-order valence-electron chi connectivity index (χ2n) is 11.7. The van der Waals surface area contributed by atoms with Gasteiger partial charge in [0.05, 0.1) is 24.7 Å². The summed E-state index contributed by atoms with van der Waals surface area (Å²) in [6.45, 7) is 7.98. The van der Waals surface area contributed by atoms with Gasteiger partial charge in [0.25, 0.3) is 0 Å². The molecule has 4 atom stereocenters. The van der Waals surface area contributed by atoms with Crippen LogP contribution in [-0.2, 0) is 19.1 Å². The van der Waals surface area contributed by atoms with Gasteiger partial charge in [-0.05, 0) is 77.6 Å². The van der Waals surface area contributed by atoms with Crippen LogP contribution in [0, 0.1) is 17.8 Å². The summed E-state index contributed by atoms with van der Waals surface area (Å²) in [4.78, 5) is 57.4. The summed E-state index contributed by atoms with van der Waals surface area (Å²) in [5, 5.41) is 0. The highest BCUT2D eigenvalue weighted by Gasteiger charge is 2.48. The fourth-order valence-corrected chi connectivity index (χ4v) is 6.68. The number of piperazine rings is 1. The SMILES string of the molecule is CC(=O)N1C2CCC(C3CCC(C(=O)N(C)CC(=O)N(C)C)CC3)CC2N(C(=O)OC(C)C)C[C@@H]1C. The number of amides is 4. The van der Waals surface area contributed by atoms with E-state index in [2.05, 4.69) is 0 Å². The van der Waals surface area contributed by atoms with Crippen molar-refractivity contribution in [1.29, 1.82) is 0 Å². The van der Waals surface area contributed by atoms with Crippen LogP contribution in [0.5, 0.6) is 0 Å². The summed E-state index contributed by atoms with van der Waals surface area (Å²) < 4.78 is 5.58. The van der Waals surface area contributed by atoms with Gasteiger partial charge in [0.15, 0.2) is 0 Å². The molecule has 1 aliphatic heterocycles. The van der Waals surface area contributed by atoms with Gasteiger partial charge in [-0.2, -0.15) is 0 Å². The minimum Gasteiger partial charge on any atom is -0.447 e. The molecule has 9 nitrogen and oxygen atoms in total. The van der Waals surface area contributed by atoms with Crippen LogP contribution in [0.15, 0.2) is 0 Å². The van der Waals surface area contributed by atoms with Crippen LogP contribution in [0.3, 0.4) is 0 Å². The fraction of sp³-hybridized carbons (Fsp3) is 0.852. The fourth-order valence-electron chi connectivity index (χ4n) is 6.68. The molecule has 4 amide bonds. The van der Waals surface area contributed by atoms with Crippen LogP contribution < -0.4 is 0 Å². The second kappa shape index (κ2) is 11.8. The average molecular weight is 507 g/mol. The van der Waals surface area contributed by atoms with Gasteiger partial charge in [-0.3, -0.25) is 14.4 Å². The van der Waals surface area contributed by atoms with Crippen molar-refractivity contribution in [3.8, 4) is 0 Å². The first-order valence-corrected chi connectivity index (χ1v) is 13.6. The van der Waals surface area contributed by atoms with Crippen molar-refractivity contribution in [2.45, 2.75) is 96.9 Å². The van der Waals surface area contributed by atoms with E-state index < -0.39 is 0 Å². The predicted octanol–water partition coefficient (Wildman–Crippen LogP) is 2.97. The van der Waals surface area contributed by atoms with Gasteiger partial charge in [0.2, 0.25) is 17.7 Å². The minimum atomic E-state index is -0.277. The van der Waals surface area contributed by atoms with E-state index in [1.807, 2.05) is 30.6 Å². The molecule has 3 rings (SSSR count). The quantitative estimate of drug-likeness (QED) is 0.572. The summed E-state index contributed by atoms with van der Waals surface area (Å²) in [7, 11) is 5.12. The summed E-state index contributed by atoms with van der Waals surface area (Å²) in [5.41, 5.74) is 0. The van der Waals surface area contributed by atoms with Crippen molar-refractivity contribution in [2.75, 3.05) is 34.2 Å². The van der Waals surface area contributed by atoms with Crippen LogP contribution in [0.2, 0.25) is 0 Å². The van der Waals surface area contributed by atoms with Crippen molar-refractivity contribution in [1.82, 2.24) is 19.6 Å². The Balaban J connectivity index is 1.64. The number of ether oxygens (including phenoxy) is 1. The molecular weight excluding hydrogens is 460 g/mol. The Morgan fingerprint density at radius 3 is 2.08 bits per heavy atom. The number of hydrogen-bond donors (Lipinski definition) is 0. The molecule has 0 spiro atoms. The number of likely N-dealkylation sites (N-methyl/N-ethyl adjacent to an activating group) is 2. The van der Waals surface area contributed by atoms with Crippen molar-refractivity contribution < 1.29 is 23.9 Å². The first-order chi connectivity index (χ1) is 16.9. The maximum atomic E-state index is 13.0. The molecule has 0 aromatic carbocycles. The zero-order chi connectivity index (χ0) is 26.7. The number of hydrogen-bond acceptors (Lipinski definition) is 5. The first-order valence-electron chi connectivity index (χ1n) is 13.6. The minimum absolute atomic E-state index is 0.0289. The molecule has 0 N–H and O–H groups in total. The molecule has 0 aromatic rings. The van der Waals surface area contributed by atoms with Crippen LogP contribution in [0.1, 0.15) is 72.6 Å². The molecule has 204 valence electrons. The molecule has 0 radical (unpaired) electrons. The molecule has 36 heavy (non-hydrogen) atoms. The topological polar surface area (TPSA) is 90.5 Å². The number of nitrogens with zero attached hydrogens (tertiary/aromatic N) is 4. The molecule has 3 fully saturated rings. The van der Waals surface area contributed by atoms with Crippen LogP contribution >= 0.6 is 0 Å². The van der Waals surface area contributed by atoms with E-state index in [0.29, 0.717) is 18.4 Å². The van der Waals surface area contributed by atoms with E-state index in [0.717, 1.165) is 44.9 Å². The smallest absolute Gasteiger partial charge is 0.410 e. The molecular formula is C27H46N4O5. The Bertz CT molecular complexity index is 823. The monoisotopic (exact) mass is 506 g/mol. The van der Waals surface area contributed by atoms with Crippen LogP contribution in [0.4, 0.5) is 4.79 Å². The lowest BCUT2D eigenvalue weighted by Crippen LogP contribution is -2.67. The third kappa shape index (κ3) is 6.32. The van der Waals surface area contributed by atoms with E-state index >= 15 is 0 Å². The molecule has 9 heteroatoms. The molecule has 3 unspecified atom stereocenters. The molecule has 0 bridgehead atoms. The van der Waals surface area contributed by atoms with Gasteiger partial charge in [0.1, 0.15) is 0 Å². The summed E-state index contributed by atoms with van der Waals surface area (Å²) in [5.74, 6) is 1.01. The summed E-state index contributed by atoms with van der Waals surface area (Å²) in [6.07, 6.45) is 5.97. The maximum Gasteiger partial charge on any atom is 0.410 e. The zero-order valence-corrected chi connectivity index (χ0v) is 23.2. The Morgan fingerprint density at radius 2 is 1.53 bits per heavy atom. The predicted molar refractivity (Wildman–Crippen MR) is 137 cm³/mol. The molecule has 1 heterocycles. The number of carbonyl (C=O) groups is 4. The van der Waals surface area contributed by atoms with Gasteiger partial charge in [-0.1, -0.05) is 0 Å². The summed E-state index contributed by atoms with van der Waals surface area (Å²) >= 11 is 0. The Kier molecular flexibility index (Phi) is 9.28. The highest BCUT2D eigenvalue weighted by atomic mass is 16.6. The van der Waals surface area contributed by atoms with E-state index in [-0.39, 0.29) is 60.5 Å². The largest absolute Gasteiger partial charge is 0.447 e. The highest BCUT2D eigenvalue weighted by molar-refractivity contribution is 5.85. The van der Waals surface area contributed by atoms with E-state index in [1.54, 1.807) is 33.0 Å². The van der Waals surface area contributed by atoms with Crippen molar-refractivity contribution in [3.63, 3.8) is 0 Å². The Morgan fingerprint density at radius 1 is 0.917 bits per heavy atom. The van der Waals surface area contributed by atoms with Gasteiger partial charge in [0, 0.05) is 46.6 Å². The number of carbonyl (C=O) groups excluding carboxylic acids is 4. The van der Waals surface area contributed by atoms with Crippen molar-refractivity contribution in [2.24, 2.45) is 17.8 Å². The average Bonchev–Trinajstić information content (AvgIpc) is 2.81. The third-order valence-corrected chi connectivity index (χ3v) is 8.48. The Hall–Kier alpha value is -2.32. The molecule has 2 saturated carbocycles. The molecule has 1 saturated heterocycles. The van der Waals surface area contributed by atoms with Crippen LogP contribution in [0.25, 0.3) is 0 Å². The van der Waals surface area contributed by atoms with Crippen molar-refractivity contribution in [3.05, 3.63) is 0 Å². The van der Waals surface area contributed by atoms with E-state index in [4.69, 9.17) is 4.74 Å². The highest BCUT2D eigenvalue weighted by Crippen LogP contribution is 2.44.